The summed E-state index contributed by atoms with van der Waals surface area (Å²) in [4.78, 5) is 16.9. The molecular formula is C21H21N3O2. The Morgan fingerprint density at radius 3 is 2.73 bits per heavy atom. The van der Waals surface area contributed by atoms with Gasteiger partial charge in [0.25, 0.3) is 0 Å². The average Bonchev–Trinajstić information content (AvgIpc) is 2.91. The number of carboxylic acids is 1. The minimum atomic E-state index is -0.885. The molecule has 1 aliphatic rings. The van der Waals surface area contributed by atoms with Gasteiger partial charge in [-0.25, -0.2) is 9.78 Å². The molecule has 0 bridgehead atoms. The first-order chi connectivity index (χ1) is 12.5. The summed E-state index contributed by atoms with van der Waals surface area (Å²) in [5, 5.41) is 17.9. The number of carbonyl (C=O) groups is 1. The highest BCUT2D eigenvalue weighted by Gasteiger charge is 2.28. The Bertz CT molecular complexity index is 1040. The maximum absolute atomic E-state index is 12.1. The van der Waals surface area contributed by atoms with Gasteiger partial charge in [-0.3, -0.25) is 5.10 Å². The fraction of sp³-hybridized carbons (Fsp3) is 0.286. The van der Waals surface area contributed by atoms with E-state index >= 15 is 0 Å². The van der Waals surface area contributed by atoms with Crippen molar-refractivity contribution in [1.82, 2.24) is 15.2 Å². The van der Waals surface area contributed by atoms with Crippen LogP contribution in [0.4, 0.5) is 0 Å². The zero-order valence-electron chi connectivity index (χ0n) is 15.1. The lowest BCUT2D eigenvalue weighted by molar-refractivity contribution is 0.0697. The molecule has 1 aromatic carbocycles. The van der Waals surface area contributed by atoms with E-state index in [-0.39, 0.29) is 0 Å². The zero-order valence-corrected chi connectivity index (χ0v) is 15.1. The lowest BCUT2D eigenvalue weighted by Gasteiger charge is -2.26. The van der Waals surface area contributed by atoms with Crippen LogP contribution in [0.2, 0.25) is 0 Å². The predicted octanol–water partition coefficient (Wildman–Crippen LogP) is 4.40. The van der Waals surface area contributed by atoms with E-state index < -0.39 is 5.97 Å². The SMILES string of the molecule is Cc1n[nH]c(C)c1/C=C1\CC(C)Cc2c1nc1ccccc1c2C(=O)O. The first kappa shape index (κ1) is 16.5. The van der Waals surface area contributed by atoms with Crippen LogP contribution in [0.3, 0.4) is 0 Å². The van der Waals surface area contributed by atoms with E-state index in [1.165, 1.54) is 0 Å². The number of hydrogen-bond acceptors (Lipinski definition) is 3. The average molecular weight is 347 g/mol. The highest BCUT2D eigenvalue weighted by molar-refractivity contribution is 6.06. The number of aromatic nitrogens is 3. The molecule has 0 aliphatic heterocycles. The third-order valence-corrected chi connectivity index (χ3v) is 5.14. The molecule has 1 aliphatic carbocycles. The van der Waals surface area contributed by atoms with Gasteiger partial charge in [-0.05, 0) is 55.9 Å². The van der Waals surface area contributed by atoms with Crippen molar-refractivity contribution in [2.75, 3.05) is 0 Å². The zero-order chi connectivity index (χ0) is 18.4. The number of para-hydroxylation sites is 1. The van der Waals surface area contributed by atoms with Crippen molar-refractivity contribution in [2.24, 2.45) is 5.92 Å². The summed E-state index contributed by atoms with van der Waals surface area (Å²) in [7, 11) is 0. The topological polar surface area (TPSA) is 78.9 Å². The number of H-pyrrole nitrogens is 1. The number of pyridine rings is 1. The van der Waals surface area contributed by atoms with Crippen LogP contribution in [0.5, 0.6) is 0 Å². The summed E-state index contributed by atoms with van der Waals surface area (Å²) in [5.41, 5.74) is 6.88. The fourth-order valence-corrected chi connectivity index (χ4v) is 3.93. The van der Waals surface area contributed by atoms with E-state index in [0.29, 0.717) is 16.9 Å². The maximum Gasteiger partial charge on any atom is 0.336 e. The number of aromatic amines is 1. The standard InChI is InChI=1S/C21H21N3O2/c1-11-8-14(10-16-12(2)23-24-13(16)3)20-17(9-11)19(21(25)26)15-6-4-5-7-18(15)22-20/h4-7,10-11H,8-9H2,1-3H3,(H,23,24)(H,25,26)/b14-10+. The van der Waals surface area contributed by atoms with Gasteiger partial charge in [0.1, 0.15) is 0 Å². The number of benzene rings is 1. The molecule has 0 amide bonds. The molecule has 26 heavy (non-hydrogen) atoms. The molecule has 0 fully saturated rings. The predicted molar refractivity (Wildman–Crippen MR) is 102 cm³/mol. The molecule has 5 nitrogen and oxygen atoms in total. The van der Waals surface area contributed by atoms with Crippen molar-refractivity contribution in [3.63, 3.8) is 0 Å². The lowest BCUT2D eigenvalue weighted by atomic mass is 9.80. The number of nitrogens with one attached hydrogen (secondary N) is 1. The van der Waals surface area contributed by atoms with Crippen LogP contribution in [-0.2, 0) is 6.42 Å². The number of nitrogens with zero attached hydrogens (tertiary/aromatic N) is 2. The van der Waals surface area contributed by atoms with Gasteiger partial charge in [-0.2, -0.15) is 5.10 Å². The minimum Gasteiger partial charge on any atom is -0.478 e. The molecule has 4 rings (SSSR count). The van der Waals surface area contributed by atoms with Crippen molar-refractivity contribution in [1.29, 1.82) is 0 Å². The molecule has 0 radical (unpaired) electrons. The minimum absolute atomic E-state index is 0.363. The van der Waals surface area contributed by atoms with Gasteiger partial charge < -0.3 is 5.11 Å². The number of aromatic carboxylic acids is 1. The lowest BCUT2D eigenvalue weighted by Crippen LogP contribution is -2.17. The van der Waals surface area contributed by atoms with E-state index in [4.69, 9.17) is 4.98 Å². The monoisotopic (exact) mass is 347 g/mol. The van der Waals surface area contributed by atoms with E-state index in [1.54, 1.807) is 0 Å². The number of carboxylic acid groups (broad SMARTS) is 1. The molecule has 1 atom stereocenters. The number of allylic oxidation sites excluding steroid dienone is 1. The van der Waals surface area contributed by atoms with Crippen LogP contribution >= 0.6 is 0 Å². The summed E-state index contributed by atoms with van der Waals surface area (Å²) >= 11 is 0. The van der Waals surface area contributed by atoms with Crippen molar-refractivity contribution < 1.29 is 9.90 Å². The largest absolute Gasteiger partial charge is 0.478 e. The van der Waals surface area contributed by atoms with Gasteiger partial charge >= 0.3 is 5.97 Å². The van der Waals surface area contributed by atoms with Crippen LogP contribution in [0.25, 0.3) is 22.6 Å². The van der Waals surface area contributed by atoms with Crippen molar-refractivity contribution in [3.8, 4) is 0 Å². The second-order valence-corrected chi connectivity index (χ2v) is 7.17. The second-order valence-electron chi connectivity index (χ2n) is 7.17. The number of hydrogen-bond donors (Lipinski definition) is 2. The molecule has 0 saturated heterocycles. The highest BCUT2D eigenvalue weighted by Crippen LogP contribution is 2.38. The maximum atomic E-state index is 12.1. The Morgan fingerprint density at radius 1 is 1.27 bits per heavy atom. The van der Waals surface area contributed by atoms with Gasteiger partial charge in [0.05, 0.1) is 22.5 Å². The van der Waals surface area contributed by atoms with Gasteiger partial charge in [0.15, 0.2) is 0 Å². The molecule has 1 unspecified atom stereocenters. The van der Waals surface area contributed by atoms with Crippen molar-refractivity contribution in [2.45, 2.75) is 33.6 Å². The number of aryl methyl sites for hydroxylation is 2. The number of rotatable bonds is 2. The molecular weight excluding hydrogens is 326 g/mol. The third kappa shape index (κ3) is 2.60. The molecule has 2 heterocycles. The highest BCUT2D eigenvalue weighted by atomic mass is 16.4. The Hall–Kier alpha value is -2.95. The Balaban J connectivity index is 2.02. The molecule has 132 valence electrons. The van der Waals surface area contributed by atoms with Gasteiger partial charge in [-0.1, -0.05) is 25.1 Å². The quantitative estimate of drug-likeness (QED) is 0.720. The molecule has 2 aromatic heterocycles. The Morgan fingerprint density at radius 2 is 2.04 bits per heavy atom. The van der Waals surface area contributed by atoms with E-state index in [0.717, 1.165) is 52.1 Å². The van der Waals surface area contributed by atoms with Crippen LogP contribution < -0.4 is 0 Å². The third-order valence-electron chi connectivity index (χ3n) is 5.14. The molecule has 0 spiro atoms. The smallest absolute Gasteiger partial charge is 0.336 e. The van der Waals surface area contributed by atoms with Crippen LogP contribution in [0.15, 0.2) is 24.3 Å². The van der Waals surface area contributed by atoms with E-state index in [2.05, 4.69) is 23.2 Å². The van der Waals surface area contributed by atoms with Gasteiger partial charge in [0, 0.05) is 16.6 Å². The van der Waals surface area contributed by atoms with Crippen molar-refractivity contribution >= 4 is 28.5 Å². The summed E-state index contributed by atoms with van der Waals surface area (Å²) in [5.74, 6) is -0.522. The molecule has 3 aromatic rings. The van der Waals surface area contributed by atoms with Gasteiger partial charge in [-0.15, -0.1) is 0 Å². The first-order valence-corrected chi connectivity index (χ1v) is 8.83. The Kier molecular flexibility index (Phi) is 3.87. The summed E-state index contributed by atoms with van der Waals surface area (Å²) in [6, 6.07) is 7.49. The summed E-state index contributed by atoms with van der Waals surface area (Å²) < 4.78 is 0. The molecule has 0 saturated carbocycles. The normalized spacial score (nSPS) is 18.3. The van der Waals surface area contributed by atoms with Gasteiger partial charge in [0.2, 0.25) is 0 Å². The second kappa shape index (κ2) is 6.09. The Labute approximate surface area is 151 Å². The fourth-order valence-electron chi connectivity index (χ4n) is 3.93. The van der Waals surface area contributed by atoms with E-state index in [9.17, 15) is 9.90 Å². The summed E-state index contributed by atoms with van der Waals surface area (Å²) in [6.45, 7) is 6.13. The van der Waals surface area contributed by atoms with Crippen LogP contribution in [-0.4, -0.2) is 26.3 Å². The number of fused-ring (bicyclic) bond motifs is 2. The van der Waals surface area contributed by atoms with Crippen molar-refractivity contribution in [3.05, 3.63) is 58.0 Å². The first-order valence-electron chi connectivity index (χ1n) is 8.83. The van der Waals surface area contributed by atoms with E-state index in [1.807, 2.05) is 38.1 Å². The summed E-state index contributed by atoms with van der Waals surface area (Å²) in [6.07, 6.45) is 3.73. The molecule has 5 heteroatoms. The molecule has 2 N–H and O–H groups in total. The van der Waals surface area contributed by atoms with Crippen LogP contribution in [0, 0.1) is 19.8 Å². The van der Waals surface area contributed by atoms with Crippen LogP contribution in [0.1, 0.15) is 51.9 Å².